The minimum absolute atomic E-state index is 0.0677. The van der Waals surface area contributed by atoms with Gasteiger partial charge in [-0.2, -0.15) is 0 Å². The van der Waals surface area contributed by atoms with Gasteiger partial charge in [0.2, 0.25) is 12.2 Å². The summed E-state index contributed by atoms with van der Waals surface area (Å²) in [7, 11) is 0. The maximum atomic E-state index is 12.4. The molecular weight excluding hydrogens is 332 g/mol. The molecular formula is C19H29N4O3. The molecule has 0 saturated carbocycles. The minimum Gasteiger partial charge on any atom is -0.341 e. The van der Waals surface area contributed by atoms with Gasteiger partial charge in [0.15, 0.2) is 0 Å². The van der Waals surface area contributed by atoms with Crippen LogP contribution in [0.25, 0.3) is 0 Å². The monoisotopic (exact) mass is 361 g/mol. The lowest BCUT2D eigenvalue weighted by Crippen LogP contribution is -2.39. The van der Waals surface area contributed by atoms with Gasteiger partial charge in [0.05, 0.1) is 6.04 Å². The van der Waals surface area contributed by atoms with Gasteiger partial charge in [0, 0.05) is 24.2 Å². The van der Waals surface area contributed by atoms with Crippen molar-refractivity contribution in [3.63, 3.8) is 0 Å². The second kappa shape index (κ2) is 11.4. The number of rotatable bonds is 11. The zero-order chi connectivity index (χ0) is 19.5. The number of nitrogens with one attached hydrogen (secondary N) is 2. The molecule has 7 nitrogen and oxygen atoms in total. The quantitative estimate of drug-likeness (QED) is 0.444. The summed E-state index contributed by atoms with van der Waals surface area (Å²) in [4.78, 5) is 35.4. The first-order valence-corrected chi connectivity index (χ1v) is 8.93. The number of nitrogens with two attached hydrogens (primary N) is 2. The Morgan fingerprint density at radius 2 is 1.85 bits per heavy atom. The molecule has 1 radical (unpaired) electrons. The highest BCUT2D eigenvalue weighted by Gasteiger charge is 2.18. The van der Waals surface area contributed by atoms with E-state index in [4.69, 9.17) is 11.5 Å². The molecule has 0 bridgehead atoms. The molecule has 0 heterocycles. The molecule has 0 aromatic heterocycles. The first kappa shape index (κ1) is 21.8. The summed E-state index contributed by atoms with van der Waals surface area (Å²) in [5, 5.41) is 5.43. The minimum atomic E-state index is -0.690. The van der Waals surface area contributed by atoms with E-state index in [1.807, 2.05) is 20.1 Å². The molecule has 26 heavy (non-hydrogen) atoms. The molecule has 0 fully saturated rings. The van der Waals surface area contributed by atoms with Gasteiger partial charge >= 0.3 is 0 Å². The van der Waals surface area contributed by atoms with Crippen molar-refractivity contribution in [3.8, 4) is 0 Å². The largest absolute Gasteiger partial charge is 0.341 e. The van der Waals surface area contributed by atoms with Crippen LogP contribution in [0.4, 0.5) is 5.69 Å². The molecule has 0 spiro atoms. The molecule has 0 aliphatic heterocycles. The van der Waals surface area contributed by atoms with Gasteiger partial charge in [0.25, 0.3) is 5.91 Å². The van der Waals surface area contributed by atoms with Gasteiger partial charge < -0.3 is 22.1 Å². The molecule has 1 rings (SSSR count). The Hall–Kier alpha value is -2.25. The van der Waals surface area contributed by atoms with Crippen LogP contribution >= 0.6 is 0 Å². The normalized spacial score (nSPS) is 11.9. The summed E-state index contributed by atoms with van der Waals surface area (Å²) in [5.74, 6) is -0.591. The van der Waals surface area contributed by atoms with E-state index in [9.17, 15) is 14.4 Å². The molecule has 0 unspecified atom stereocenters. The third kappa shape index (κ3) is 7.33. The lowest BCUT2D eigenvalue weighted by Gasteiger charge is -2.16. The summed E-state index contributed by atoms with van der Waals surface area (Å²) < 4.78 is 0. The number of hydrogen-bond donors (Lipinski definition) is 4. The molecule has 1 aromatic carbocycles. The number of anilines is 1. The van der Waals surface area contributed by atoms with Crippen LogP contribution in [0.2, 0.25) is 0 Å². The van der Waals surface area contributed by atoms with Crippen molar-refractivity contribution in [3.05, 3.63) is 29.3 Å². The molecule has 0 aliphatic carbocycles. The Morgan fingerprint density at radius 1 is 1.12 bits per heavy atom. The lowest BCUT2D eigenvalue weighted by molar-refractivity contribution is -0.116. The number of amides is 2. The van der Waals surface area contributed by atoms with Crippen LogP contribution in [-0.2, 0) is 16.1 Å². The maximum Gasteiger partial charge on any atom is 0.251 e. The van der Waals surface area contributed by atoms with Gasteiger partial charge in [-0.1, -0.05) is 20.3 Å². The fraction of sp³-hybridized carbons (Fsp3) is 0.526. The van der Waals surface area contributed by atoms with Crippen LogP contribution in [0, 0.1) is 5.92 Å². The van der Waals surface area contributed by atoms with Crippen molar-refractivity contribution in [2.45, 2.75) is 52.1 Å². The third-order valence-electron chi connectivity index (χ3n) is 3.96. The zero-order valence-electron chi connectivity index (χ0n) is 15.5. The second-order valence-electron chi connectivity index (χ2n) is 6.58. The predicted octanol–water partition coefficient (Wildman–Crippen LogP) is 1.47. The van der Waals surface area contributed by atoms with E-state index >= 15 is 0 Å². The molecule has 0 aliphatic rings. The molecule has 7 heteroatoms. The third-order valence-corrected chi connectivity index (χ3v) is 3.96. The van der Waals surface area contributed by atoms with E-state index in [2.05, 4.69) is 10.6 Å². The summed E-state index contributed by atoms with van der Waals surface area (Å²) in [5.41, 5.74) is 12.7. The Labute approximate surface area is 154 Å². The van der Waals surface area contributed by atoms with Crippen LogP contribution in [-0.4, -0.2) is 30.7 Å². The van der Waals surface area contributed by atoms with Gasteiger partial charge in [-0.3, -0.25) is 14.4 Å². The van der Waals surface area contributed by atoms with Crippen molar-refractivity contribution in [1.29, 1.82) is 0 Å². The highest BCUT2D eigenvalue weighted by Crippen LogP contribution is 2.16. The van der Waals surface area contributed by atoms with E-state index in [1.54, 1.807) is 18.2 Å². The molecule has 143 valence electrons. The number of hydrogen-bond acceptors (Lipinski definition) is 5. The second-order valence-corrected chi connectivity index (χ2v) is 6.58. The number of unbranched alkanes of at least 4 members (excludes halogenated alkanes) is 2. The van der Waals surface area contributed by atoms with E-state index in [0.717, 1.165) is 19.3 Å². The van der Waals surface area contributed by atoms with Gasteiger partial charge in [-0.05, 0) is 49.1 Å². The Kier molecular flexibility index (Phi) is 9.54. The summed E-state index contributed by atoms with van der Waals surface area (Å²) in [6.45, 7) is 4.49. The summed E-state index contributed by atoms with van der Waals surface area (Å²) in [6, 6.07) is 4.27. The molecule has 1 aromatic rings. The molecule has 6 N–H and O–H groups in total. The van der Waals surface area contributed by atoms with Crippen molar-refractivity contribution in [1.82, 2.24) is 5.32 Å². The highest BCUT2D eigenvalue weighted by atomic mass is 16.2. The van der Waals surface area contributed by atoms with Gasteiger partial charge in [0.1, 0.15) is 0 Å². The van der Waals surface area contributed by atoms with Crippen LogP contribution in [0.1, 0.15) is 55.5 Å². The number of carbonyl (C=O) groups is 2. The fourth-order valence-electron chi connectivity index (χ4n) is 2.40. The Morgan fingerprint density at radius 3 is 2.42 bits per heavy atom. The van der Waals surface area contributed by atoms with Gasteiger partial charge in [-0.25, -0.2) is 0 Å². The molecule has 0 saturated heterocycles. The summed E-state index contributed by atoms with van der Waals surface area (Å²) >= 11 is 0. The van der Waals surface area contributed by atoms with Crippen LogP contribution < -0.4 is 22.1 Å². The average Bonchev–Trinajstić information content (AvgIpc) is 2.62. The summed E-state index contributed by atoms with van der Waals surface area (Å²) in [6.07, 6.45) is 4.78. The van der Waals surface area contributed by atoms with E-state index in [1.165, 1.54) is 0 Å². The standard InChI is InChI=1S/C19H29N4O3/c1-13(2)17(12-24)23-19(26)15-8-14(11-21)9-16(10-15)22-18(25)6-4-3-5-7-20/h8-10,13,17H,3-7,11,20-21H2,1-2H3,(H,22,25)(H,23,26)/t17-/m0/s1. The van der Waals surface area contributed by atoms with Crippen LogP contribution in [0.5, 0.6) is 0 Å². The van der Waals surface area contributed by atoms with Crippen molar-refractivity contribution in [2.24, 2.45) is 17.4 Å². The molecule has 1 atom stereocenters. The number of carbonyl (C=O) groups excluding carboxylic acids is 3. The van der Waals surface area contributed by atoms with Crippen molar-refractivity contribution >= 4 is 23.8 Å². The first-order valence-electron chi connectivity index (χ1n) is 8.93. The number of benzene rings is 1. The molecule has 2 amide bonds. The average molecular weight is 361 g/mol. The Bertz CT molecular complexity index is 617. The highest BCUT2D eigenvalue weighted by molar-refractivity contribution is 5.98. The van der Waals surface area contributed by atoms with E-state index in [0.29, 0.717) is 29.8 Å². The first-order chi connectivity index (χ1) is 12.4. The smallest absolute Gasteiger partial charge is 0.251 e. The van der Waals surface area contributed by atoms with E-state index < -0.39 is 11.9 Å². The van der Waals surface area contributed by atoms with E-state index in [-0.39, 0.29) is 18.4 Å². The topological polar surface area (TPSA) is 127 Å². The van der Waals surface area contributed by atoms with Crippen LogP contribution in [0.15, 0.2) is 18.2 Å². The predicted molar refractivity (Wildman–Crippen MR) is 102 cm³/mol. The van der Waals surface area contributed by atoms with Gasteiger partial charge in [-0.15, -0.1) is 0 Å². The van der Waals surface area contributed by atoms with Crippen molar-refractivity contribution in [2.75, 3.05) is 11.9 Å². The fourth-order valence-corrected chi connectivity index (χ4v) is 2.40. The van der Waals surface area contributed by atoms with Crippen LogP contribution in [0.3, 0.4) is 0 Å². The lowest BCUT2D eigenvalue weighted by atomic mass is 10.0. The SMILES string of the molecule is CC(C)[C@H]([C]=O)NC(=O)c1cc(CN)cc(NC(=O)CCCCCN)c1. The maximum absolute atomic E-state index is 12.4. The Balaban J connectivity index is 2.82. The zero-order valence-corrected chi connectivity index (χ0v) is 15.5. The van der Waals surface area contributed by atoms with Crippen molar-refractivity contribution < 1.29 is 14.4 Å².